The van der Waals surface area contributed by atoms with Crippen molar-refractivity contribution in [2.24, 2.45) is 0 Å². The molecular weight excluding hydrogens is 332 g/mol. The summed E-state index contributed by atoms with van der Waals surface area (Å²) in [6, 6.07) is 18.0. The number of anilines is 1. The Morgan fingerprint density at radius 3 is 2.54 bits per heavy atom. The lowest BCUT2D eigenvalue weighted by Crippen LogP contribution is -2.30. The molecule has 26 heavy (non-hydrogen) atoms. The van der Waals surface area contributed by atoms with E-state index in [4.69, 9.17) is 4.74 Å². The Morgan fingerprint density at radius 1 is 1.08 bits per heavy atom. The van der Waals surface area contributed by atoms with Gasteiger partial charge in [-0.3, -0.25) is 14.9 Å². The van der Waals surface area contributed by atoms with Crippen LogP contribution in [0, 0.1) is 17.0 Å². The molecule has 1 amide bonds. The highest BCUT2D eigenvalue weighted by molar-refractivity contribution is 5.96. The molecule has 0 aliphatic heterocycles. The van der Waals surface area contributed by atoms with Crippen molar-refractivity contribution in [3.05, 3.63) is 76.3 Å². The van der Waals surface area contributed by atoms with E-state index in [1.54, 1.807) is 19.9 Å². The molecule has 0 saturated heterocycles. The summed E-state index contributed by atoms with van der Waals surface area (Å²) in [5.74, 6) is 0.239. The first-order valence-electron chi connectivity index (χ1n) is 8.16. The molecule has 1 N–H and O–H groups in total. The zero-order valence-electron chi connectivity index (χ0n) is 14.4. The Bertz CT molecular complexity index is 979. The molecule has 3 aromatic carbocycles. The quantitative estimate of drug-likeness (QED) is 0.544. The fourth-order valence-electron chi connectivity index (χ4n) is 2.73. The van der Waals surface area contributed by atoms with Gasteiger partial charge in [0, 0.05) is 11.5 Å². The van der Waals surface area contributed by atoms with Crippen LogP contribution in [-0.4, -0.2) is 16.9 Å². The monoisotopic (exact) mass is 350 g/mol. The molecule has 6 heteroatoms. The van der Waals surface area contributed by atoms with E-state index in [1.807, 2.05) is 42.5 Å². The number of rotatable bonds is 5. The van der Waals surface area contributed by atoms with Gasteiger partial charge in [0.05, 0.1) is 16.2 Å². The smallest absolute Gasteiger partial charge is 0.274 e. The fourth-order valence-corrected chi connectivity index (χ4v) is 2.73. The first kappa shape index (κ1) is 17.4. The molecule has 3 rings (SSSR count). The molecule has 132 valence electrons. The number of carbonyl (C=O) groups is 1. The molecular formula is C20H18N2O4. The molecule has 0 aromatic heterocycles. The minimum absolute atomic E-state index is 0.0366. The van der Waals surface area contributed by atoms with E-state index in [9.17, 15) is 14.9 Å². The second-order valence-electron chi connectivity index (χ2n) is 5.93. The average molecular weight is 350 g/mol. The summed E-state index contributed by atoms with van der Waals surface area (Å²) in [6.45, 7) is 3.24. The van der Waals surface area contributed by atoms with Gasteiger partial charge in [0.1, 0.15) is 5.75 Å². The highest BCUT2D eigenvalue weighted by Crippen LogP contribution is 2.27. The number of amides is 1. The number of nitrogens with zero attached hydrogens (tertiary/aromatic N) is 1. The molecule has 0 radical (unpaired) electrons. The van der Waals surface area contributed by atoms with Crippen molar-refractivity contribution in [2.75, 3.05) is 5.32 Å². The zero-order chi connectivity index (χ0) is 18.7. The Hall–Kier alpha value is -3.41. The maximum atomic E-state index is 12.5. The Labute approximate surface area is 150 Å². The predicted molar refractivity (Wildman–Crippen MR) is 101 cm³/mol. The molecule has 1 unspecified atom stereocenters. The van der Waals surface area contributed by atoms with Crippen molar-refractivity contribution < 1.29 is 14.5 Å². The number of benzene rings is 3. The van der Waals surface area contributed by atoms with E-state index >= 15 is 0 Å². The van der Waals surface area contributed by atoms with Crippen LogP contribution >= 0.6 is 0 Å². The third-order valence-corrected chi connectivity index (χ3v) is 4.18. The maximum Gasteiger partial charge on any atom is 0.274 e. The summed E-state index contributed by atoms with van der Waals surface area (Å²) >= 11 is 0. The average Bonchev–Trinajstić information content (AvgIpc) is 2.63. The van der Waals surface area contributed by atoms with Crippen LogP contribution in [0.4, 0.5) is 11.4 Å². The fraction of sp³-hybridized carbons (Fsp3) is 0.150. The Kier molecular flexibility index (Phi) is 4.84. The van der Waals surface area contributed by atoms with Gasteiger partial charge < -0.3 is 10.1 Å². The van der Waals surface area contributed by atoms with Gasteiger partial charge in [-0.15, -0.1) is 0 Å². The molecule has 6 nitrogen and oxygen atoms in total. The van der Waals surface area contributed by atoms with Crippen LogP contribution in [0.2, 0.25) is 0 Å². The Morgan fingerprint density at radius 2 is 1.77 bits per heavy atom. The van der Waals surface area contributed by atoms with E-state index in [1.165, 1.54) is 12.1 Å². The Balaban J connectivity index is 1.78. The van der Waals surface area contributed by atoms with E-state index in [0.717, 1.165) is 10.8 Å². The van der Waals surface area contributed by atoms with Crippen LogP contribution in [0.3, 0.4) is 0 Å². The van der Waals surface area contributed by atoms with E-state index in [0.29, 0.717) is 17.0 Å². The second-order valence-corrected chi connectivity index (χ2v) is 5.93. The summed E-state index contributed by atoms with van der Waals surface area (Å²) in [6.07, 6.45) is -0.764. The maximum absolute atomic E-state index is 12.5. The molecule has 0 spiro atoms. The molecule has 0 bridgehead atoms. The van der Waals surface area contributed by atoms with Crippen molar-refractivity contribution in [1.29, 1.82) is 0 Å². The predicted octanol–water partition coefficient (Wildman–Crippen LogP) is 4.46. The lowest BCUT2D eigenvalue weighted by molar-refractivity contribution is -0.385. The van der Waals surface area contributed by atoms with Crippen LogP contribution < -0.4 is 10.1 Å². The van der Waals surface area contributed by atoms with E-state index in [2.05, 4.69) is 5.32 Å². The summed E-state index contributed by atoms with van der Waals surface area (Å²) in [5, 5.41) is 15.7. The van der Waals surface area contributed by atoms with E-state index in [-0.39, 0.29) is 11.6 Å². The summed E-state index contributed by atoms with van der Waals surface area (Å²) in [4.78, 5) is 23.0. The second kappa shape index (κ2) is 7.23. The molecule has 0 heterocycles. The van der Waals surface area contributed by atoms with Crippen LogP contribution in [0.5, 0.6) is 5.75 Å². The highest BCUT2D eigenvalue weighted by Gasteiger charge is 2.19. The van der Waals surface area contributed by atoms with Crippen molar-refractivity contribution in [2.45, 2.75) is 20.0 Å². The van der Waals surface area contributed by atoms with Gasteiger partial charge in [-0.25, -0.2) is 0 Å². The first-order valence-corrected chi connectivity index (χ1v) is 8.16. The van der Waals surface area contributed by atoms with Crippen LogP contribution in [0.15, 0.2) is 60.7 Å². The minimum atomic E-state index is -0.764. The molecule has 1 atom stereocenters. The van der Waals surface area contributed by atoms with Gasteiger partial charge in [0.25, 0.3) is 11.6 Å². The molecule has 0 fully saturated rings. The van der Waals surface area contributed by atoms with Gasteiger partial charge in [-0.1, -0.05) is 42.5 Å². The summed E-state index contributed by atoms with van der Waals surface area (Å²) in [5.41, 5.74) is 0.770. The number of nitro groups is 1. The number of hydrogen-bond donors (Lipinski definition) is 1. The minimum Gasteiger partial charge on any atom is -0.480 e. The van der Waals surface area contributed by atoms with Crippen molar-refractivity contribution in [3.63, 3.8) is 0 Å². The van der Waals surface area contributed by atoms with Gasteiger partial charge in [-0.05, 0) is 31.4 Å². The normalized spacial score (nSPS) is 11.8. The van der Waals surface area contributed by atoms with Crippen LogP contribution in [0.25, 0.3) is 10.8 Å². The molecule has 0 saturated carbocycles. The number of ether oxygens (including phenoxy) is 1. The van der Waals surface area contributed by atoms with Gasteiger partial charge >= 0.3 is 0 Å². The zero-order valence-corrected chi connectivity index (χ0v) is 14.4. The standard InChI is InChI=1S/C20H18N2O4/c1-13-17(10-6-11-18(13)22(24)25)21-20(23)14(2)26-19-12-5-8-15-7-3-4-9-16(15)19/h3-12,14H,1-2H3,(H,21,23). The number of fused-ring (bicyclic) bond motifs is 1. The van der Waals surface area contributed by atoms with E-state index < -0.39 is 11.0 Å². The number of carbonyl (C=O) groups excluding carboxylic acids is 1. The van der Waals surface area contributed by atoms with Crippen molar-refractivity contribution in [3.8, 4) is 5.75 Å². The molecule has 3 aromatic rings. The van der Waals surface area contributed by atoms with Crippen molar-refractivity contribution in [1.82, 2.24) is 0 Å². The number of nitrogens with one attached hydrogen (secondary N) is 1. The number of hydrogen-bond acceptors (Lipinski definition) is 4. The largest absolute Gasteiger partial charge is 0.480 e. The highest BCUT2D eigenvalue weighted by atomic mass is 16.6. The lowest BCUT2D eigenvalue weighted by Gasteiger charge is -2.17. The van der Waals surface area contributed by atoms with Crippen LogP contribution in [-0.2, 0) is 4.79 Å². The third kappa shape index (κ3) is 3.49. The first-order chi connectivity index (χ1) is 12.5. The van der Waals surface area contributed by atoms with Gasteiger partial charge in [0.15, 0.2) is 6.10 Å². The van der Waals surface area contributed by atoms with Crippen molar-refractivity contribution >= 4 is 28.1 Å². The summed E-state index contributed by atoms with van der Waals surface area (Å²) < 4.78 is 5.83. The number of nitro benzene ring substituents is 1. The van der Waals surface area contributed by atoms with Gasteiger partial charge in [0.2, 0.25) is 0 Å². The topological polar surface area (TPSA) is 81.5 Å². The van der Waals surface area contributed by atoms with Crippen LogP contribution in [0.1, 0.15) is 12.5 Å². The molecule has 0 aliphatic carbocycles. The summed E-state index contributed by atoms with van der Waals surface area (Å²) in [7, 11) is 0. The SMILES string of the molecule is Cc1c(NC(=O)C(C)Oc2cccc3ccccc23)cccc1[N+](=O)[O-]. The van der Waals surface area contributed by atoms with Gasteiger partial charge in [-0.2, -0.15) is 0 Å². The third-order valence-electron chi connectivity index (χ3n) is 4.18. The molecule has 0 aliphatic rings. The lowest BCUT2D eigenvalue weighted by atomic mass is 10.1.